The standard InChI is InChI=1S/C14H17Cl2NO3/c1-9-8-20-11(7-18)5-17(9)6-14(19)10-2-3-12(15)13(16)4-10/h2-4,9,11,18H,5-8H2,1H3. The van der Waals surface area contributed by atoms with E-state index in [0.29, 0.717) is 28.8 Å². The molecule has 1 fully saturated rings. The highest BCUT2D eigenvalue weighted by Crippen LogP contribution is 2.23. The molecule has 0 radical (unpaired) electrons. The van der Waals surface area contributed by atoms with Gasteiger partial charge in [0.1, 0.15) is 0 Å². The zero-order chi connectivity index (χ0) is 14.7. The van der Waals surface area contributed by atoms with E-state index in [1.165, 1.54) is 0 Å². The van der Waals surface area contributed by atoms with Crippen LogP contribution in [0.15, 0.2) is 18.2 Å². The molecule has 0 aromatic heterocycles. The van der Waals surface area contributed by atoms with Gasteiger partial charge in [0.25, 0.3) is 0 Å². The lowest BCUT2D eigenvalue weighted by Crippen LogP contribution is -2.51. The number of carbonyl (C=O) groups excluding carboxylic acids is 1. The van der Waals surface area contributed by atoms with Crippen LogP contribution in [-0.4, -0.2) is 54.2 Å². The van der Waals surface area contributed by atoms with Crippen LogP contribution in [0.3, 0.4) is 0 Å². The Bertz CT molecular complexity index is 495. The highest BCUT2D eigenvalue weighted by Gasteiger charge is 2.27. The third-order valence-electron chi connectivity index (χ3n) is 3.43. The Morgan fingerprint density at radius 2 is 2.20 bits per heavy atom. The predicted molar refractivity (Wildman–Crippen MR) is 78.7 cm³/mol. The molecule has 6 heteroatoms. The molecule has 0 saturated carbocycles. The lowest BCUT2D eigenvalue weighted by molar-refractivity contribution is -0.0747. The minimum Gasteiger partial charge on any atom is -0.394 e. The fraction of sp³-hybridized carbons (Fsp3) is 0.500. The van der Waals surface area contributed by atoms with E-state index in [-0.39, 0.29) is 31.1 Å². The van der Waals surface area contributed by atoms with Gasteiger partial charge >= 0.3 is 0 Å². The van der Waals surface area contributed by atoms with Crippen molar-refractivity contribution in [1.82, 2.24) is 4.90 Å². The van der Waals surface area contributed by atoms with Gasteiger partial charge < -0.3 is 9.84 Å². The minimum atomic E-state index is -0.229. The van der Waals surface area contributed by atoms with E-state index in [4.69, 9.17) is 33.0 Å². The third kappa shape index (κ3) is 3.71. The normalized spacial score (nSPS) is 23.8. The first-order valence-electron chi connectivity index (χ1n) is 6.46. The van der Waals surface area contributed by atoms with Crippen molar-refractivity contribution in [2.24, 2.45) is 0 Å². The molecule has 0 spiro atoms. The lowest BCUT2D eigenvalue weighted by Gasteiger charge is -2.36. The van der Waals surface area contributed by atoms with E-state index >= 15 is 0 Å². The molecule has 1 saturated heterocycles. The summed E-state index contributed by atoms with van der Waals surface area (Å²) in [6.07, 6.45) is -0.229. The largest absolute Gasteiger partial charge is 0.394 e. The SMILES string of the molecule is CC1COC(CO)CN1CC(=O)c1ccc(Cl)c(Cl)c1. The van der Waals surface area contributed by atoms with Crippen molar-refractivity contribution < 1.29 is 14.6 Å². The maximum atomic E-state index is 12.3. The van der Waals surface area contributed by atoms with Crippen LogP contribution in [0.2, 0.25) is 10.0 Å². The summed E-state index contributed by atoms with van der Waals surface area (Å²) < 4.78 is 5.45. The third-order valence-corrected chi connectivity index (χ3v) is 4.17. The monoisotopic (exact) mass is 317 g/mol. The van der Waals surface area contributed by atoms with E-state index in [1.54, 1.807) is 18.2 Å². The number of Topliss-reactive ketones (excluding diaryl/α,β-unsaturated/α-hetero) is 1. The van der Waals surface area contributed by atoms with Gasteiger partial charge in [0, 0.05) is 18.2 Å². The lowest BCUT2D eigenvalue weighted by atomic mass is 10.1. The first kappa shape index (κ1) is 15.7. The molecule has 1 aliphatic rings. The molecule has 2 rings (SSSR count). The number of aliphatic hydroxyl groups excluding tert-OH is 1. The van der Waals surface area contributed by atoms with E-state index < -0.39 is 0 Å². The summed E-state index contributed by atoms with van der Waals surface area (Å²) in [5, 5.41) is 9.95. The van der Waals surface area contributed by atoms with Gasteiger partial charge in [-0.3, -0.25) is 9.69 Å². The molecule has 2 atom stereocenters. The summed E-state index contributed by atoms with van der Waals surface area (Å²) in [4.78, 5) is 14.3. The Kier molecular flexibility index (Phi) is 5.41. The van der Waals surface area contributed by atoms with Gasteiger partial charge in [-0.15, -0.1) is 0 Å². The van der Waals surface area contributed by atoms with Gasteiger partial charge in [-0.05, 0) is 25.1 Å². The van der Waals surface area contributed by atoms with Gasteiger partial charge in [0.2, 0.25) is 0 Å². The first-order chi connectivity index (χ1) is 9.51. The van der Waals surface area contributed by atoms with Crippen LogP contribution < -0.4 is 0 Å². The quantitative estimate of drug-likeness (QED) is 0.865. The number of hydrogen-bond acceptors (Lipinski definition) is 4. The fourth-order valence-corrected chi connectivity index (χ4v) is 2.45. The molecule has 1 aliphatic heterocycles. The minimum absolute atomic E-state index is 0.0194. The van der Waals surface area contributed by atoms with Crippen molar-refractivity contribution in [3.63, 3.8) is 0 Å². The fourth-order valence-electron chi connectivity index (χ4n) is 2.15. The van der Waals surface area contributed by atoms with Gasteiger partial charge in [-0.25, -0.2) is 0 Å². The van der Waals surface area contributed by atoms with Crippen LogP contribution in [0.5, 0.6) is 0 Å². The molecule has 1 heterocycles. The zero-order valence-electron chi connectivity index (χ0n) is 11.2. The summed E-state index contributed by atoms with van der Waals surface area (Å²) in [5.74, 6) is -0.0194. The van der Waals surface area contributed by atoms with Crippen molar-refractivity contribution in [3.05, 3.63) is 33.8 Å². The molecule has 20 heavy (non-hydrogen) atoms. The number of benzene rings is 1. The Balaban J connectivity index is 2.04. The summed E-state index contributed by atoms with van der Waals surface area (Å²) in [6, 6.07) is 5.02. The van der Waals surface area contributed by atoms with Crippen LogP contribution in [0.1, 0.15) is 17.3 Å². The number of ether oxygens (including phenoxy) is 1. The van der Waals surface area contributed by atoms with Gasteiger partial charge in [-0.1, -0.05) is 23.2 Å². The Hall–Kier alpha value is -0.650. The van der Waals surface area contributed by atoms with Crippen molar-refractivity contribution >= 4 is 29.0 Å². The highest BCUT2D eigenvalue weighted by molar-refractivity contribution is 6.42. The second kappa shape index (κ2) is 6.87. The number of rotatable bonds is 4. The van der Waals surface area contributed by atoms with Crippen molar-refractivity contribution in [2.45, 2.75) is 19.1 Å². The molecular formula is C14H17Cl2NO3. The molecule has 0 aliphatic carbocycles. The van der Waals surface area contributed by atoms with Crippen LogP contribution in [0, 0.1) is 0 Å². The maximum Gasteiger partial charge on any atom is 0.176 e. The Labute approximate surface area is 128 Å². The Morgan fingerprint density at radius 1 is 1.45 bits per heavy atom. The summed E-state index contributed by atoms with van der Waals surface area (Å²) in [5.41, 5.74) is 0.540. The van der Waals surface area contributed by atoms with E-state index in [1.807, 2.05) is 11.8 Å². The van der Waals surface area contributed by atoms with Crippen LogP contribution >= 0.6 is 23.2 Å². The molecule has 1 aromatic rings. The second-order valence-corrected chi connectivity index (χ2v) is 5.78. The maximum absolute atomic E-state index is 12.3. The van der Waals surface area contributed by atoms with E-state index in [9.17, 15) is 4.79 Å². The Morgan fingerprint density at radius 3 is 2.85 bits per heavy atom. The predicted octanol–water partition coefficient (Wildman–Crippen LogP) is 2.26. The van der Waals surface area contributed by atoms with E-state index in [0.717, 1.165) is 0 Å². The molecule has 110 valence electrons. The van der Waals surface area contributed by atoms with Crippen molar-refractivity contribution in [2.75, 3.05) is 26.3 Å². The number of hydrogen-bond donors (Lipinski definition) is 1. The average molecular weight is 318 g/mol. The zero-order valence-corrected chi connectivity index (χ0v) is 12.7. The molecular weight excluding hydrogens is 301 g/mol. The highest BCUT2D eigenvalue weighted by atomic mass is 35.5. The molecule has 1 aromatic carbocycles. The number of carbonyl (C=O) groups is 1. The summed E-state index contributed by atoms with van der Waals surface area (Å²) >= 11 is 11.8. The summed E-state index contributed by atoms with van der Waals surface area (Å²) in [7, 11) is 0. The van der Waals surface area contributed by atoms with Gasteiger partial charge in [0.05, 0.1) is 35.9 Å². The van der Waals surface area contributed by atoms with Crippen LogP contribution in [0.25, 0.3) is 0 Å². The topological polar surface area (TPSA) is 49.8 Å². The number of nitrogens with zero attached hydrogens (tertiary/aromatic N) is 1. The first-order valence-corrected chi connectivity index (χ1v) is 7.21. The second-order valence-electron chi connectivity index (χ2n) is 4.97. The van der Waals surface area contributed by atoms with Gasteiger partial charge in [0.15, 0.2) is 5.78 Å². The van der Waals surface area contributed by atoms with Crippen LogP contribution in [-0.2, 0) is 4.74 Å². The number of aliphatic hydroxyl groups is 1. The molecule has 4 nitrogen and oxygen atoms in total. The molecule has 2 unspecified atom stereocenters. The van der Waals surface area contributed by atoms with Gasteiger partial charge in [-0.2, -0.15) is 0 Å². The number of ketones is 1. The molecule has 0 bridgehead atoms. The van der Waals surface area contributed by atoms with E-state index in [2.05, 4.69) is 0 Å². The number of morpholine rings is 1. The van der Waals surface area contributed by atoms with Crippen molar-refractivity contribution in [1.29, 1.82) is 0 Å². The van der Waals surface area contributed by atoms with Crippen LogP contribution in [0.4, 0.5) is 0 Å². The molecule has 0 amide bonds. The number of halogens is 2. The summed E-state index contributed by atoms with van der Waals surface area (Å²) in [6.45, 7) is 3.30. The molecule has 1 N–H and O–H groups in total. The van der Waals surface area contributed by atoms with Crippen molar-refractivity contribution in [3.8, 4) is 0 Å². The average Bonchev–Trinajstić information content (AvgIpc) is 2.44. The smallest absolute Gasteiger partial charge is 0.176 e.